The van der Waals surface area contributed by atoms with Crippen LogP contribution in [0, 0.1) is 0 Å². The number of fused-ring (bicyclic) bond motifs is 15. The van der Waals surface area contributed by atoms with Gasteiger partial charge in [-0.15, -0.1) is 56.7 Å². The lowest BCUT2D eigenvalue weighted by Crippen LogP contribution is -2.13. The molecule has 11 heteroatoms. The van der Waals surface area contributed by atoms with Gasteiger partial charge in [-0.05, 0) is 266 Å². The van der Waals surface area contributed by atoms with Crippen LogP contribution >= 0.6 is 56.7 Å². The number of benzene rings is 20. The van der Waals surface area contributed by atoms with Crippen LogP contribution in [0.4, 0.5) is 102 Å². The van der Waals surface area contributed by atoms with E-state index >= 15 is 0 Å². The van der Waals surface area contributed by atoms with Crippen LogP contribution in [0.15, 0.2) is 485 Å². The van der Waals surface area contributed by atoms with Gasteiger partial charge in [-0.3, -0.25) is 0 Å². The fraction of sp³-hybridized carbons (Fsp3) is 0. The Kier molecular flexibility index (Phi) is 20.5. The third-order valence-electron chi connectivity index (χ3n) is 24.8. The molecule has 5 aromatic heterocycles. The van der Waals surface area contributed by atoms with Gasteiger partial charge in [0, 0.05) is 203 Å². The summed E-state index contributed by atoms with van der Waals surface area (Å²) in [6.07, 6.45) is 0. The molecule has 6 nitrogen and oxygen atoms in total. The number of anilines is 18. The summed E-state index contributed by atoms with van der Waals surface area (Å²) in [5.41, 5.74) is 22.3. The summed E-state index contributed by atoms with van der Waals surface area (Å²) in [4.78, 5) is 14.3. The minimum absolute atomic E-state index is 1.07. The Hall–Kier alpha value is -15.7. The van der Waals surface area contributed by atoms with Crippen molar-refractivity contribution in [3.8, 4) is 11.1 Å². The number of nitrogens with zero attached hydrogens (tertiary/aromatic N) is 6. The zero-order valence-electron chi connectivity index (χ0n) is 70.9. The van der Waals surface area contributed by atoms with E-state index in [1.165, 1.54) is 112 Å². The van der Waals surface area contributed by atoms with Gasteiger partial charge in [0.25, 0.3) is 0 Å². The first-order valence-corrected chi connectivity index (χ1v) is 48.1. The zero-order chi connectivity index (χ0) is 86.7. The van der Waals surface area contributed by atoms with E-state index in [2.05, 4.69) is 515 Å². The van der Waals surface area contributed by atoms with Crippen LogP contribution < -0.4 is 29.4 Å². The third-order valence-corrected chi connectivity index (χ3v) is 30.5. The summed E-state index contributed by atoms with van der Waals surface area (Å²) in [6.45, 7) is 0. The summed E-state index contributed by atoms with van der Waals surface area (Å²) in [5, 5.41) is 12.7. The maximum atomic E-state index is 2.41. The Morgan fingerprint density at radius 3 is 0.557 bits per heavy atom. The number of hydrogen-bond donors (Lipinski definition) is 0. The highest BCUT2D eigenvalue weighted by Gasteiger charge is 2.26. The second kappa shape index (κ2) is 34.1. The minimum Gasteiger partial charge on any atom is -0.310 e. The number of rotatable bonds is 19. The average molecular weight is 1770 g/mol. The van der Waals surface area contributed by atoms with E-state index in [1.54, 1.807) is 0 Å². The van der Waals surface area contributed by atoms with Gasteiger partial charge in [0.05, 0.1) is 0 Å². The van der Waals surface area contributed by atoms with E-state index in [-0.39, 0.29) is 0 Å². The summed E-state index contributed by atoms with van der Waals surface area (Å²) in [6, 6.07) is 176. The quantitative estimate of drug-likeness (QED) is 0.0798. The Labute approximate surface area is 779 Å². The Balaban J connectivity index is 0.000000148. The average Bonchev–Trinajstić information content (AvgIpc) is 1.64. The molecule has 20 aromatic carbocycles. The van der Waals surface area contributed by atoms with E-state index < -0.39 is 0 Å². The highest BCUT2D eigenvalue weighted by Crippen LogP contribution is 2.52. The molecular weight excluding hydrogens is 1690 g/mol. The van der Waals surface area contributed by atoms with Gasteiger partial charge in [0.2, 0.25) is 0 Å². The monoisotopic (exact) mass is 1760 g/mol. The van der Waals surface area contributed by atoms with E-state index in [1.807, 2.05) is 56.7 Å². The van der Waals surface area contributed by atoms with Crippen LogP contribution in [0.25, 0.3) is 112 Å². The maximum absolute atomic E-state index is 2.41. The first kappa shape index (κ1) is 78.8. The van der Waals surface area contributed by atoms with Gasteiger partial charge in [0.1, 0.15) is 0 Å². The molecular formula is C120H80N6S5. The minimum atomic E-state index is 1.07. The summed E-state index contributed by atoms with van der Waals surface area (Å²) >= 11 is 9.27. The predicted molar refractivity (Wildman–Crippen MR) is 571 cm³/mol. The highest BCUT2D eigenvalue weighted by molar-refractivity contribution is 7.27. The van der Waals surface area contributed by atoms with E-state index in [0.29, 0.717) is 0 Å². The molecule has 5 heterocycles. The SMILES string of the molecule is c1ccc(-c2ccc(N(c3cccc(N(c4ccccc4)c4ccc5sc6ccccc6c5c4)c3)c3ccc4c(c3)sc3ccc(N(c5ccccc5)c5ccc6sc7ccccc7c6c5)cc34)cc2)cc1.c1ccc(N(c2ccccc2)c2cccc(N(c3ccccc3)c3ccc4c(c3)sc3ccc(N(c5ccccc5)c5ccc6sc7ccccc7c6c5)cc34)c2)cc1. The topological polar surface area (TPSA) is 19.4 Å². The van der Waals surface area contributed by atoms with E-state index in [0.717, 1.165) is 102 Å². The van der Waals surface area contributed by atoms with Crippen molar-refractivity contribution in [3.63, 3.8) is 0 Å². The number of thiophene rings is 5. The molecule has 0 aliphatic rings. The Morgan fingerprint density at radius 1 is 0.0992 bits per heavy atom. The second-order valence-electron chi connectivity index (χ2n) is 32.7. The molecule has 0 bridgehead atoms. The van der Waals surface area contributed by atoms with Crippen molar-refractivity contribution >= 4 is 260 Å². The molecule has 0 N–H and O–H groups in total. The molecule has 0 fully saturated rings. The van der Waals surface area contributed by atoms with E-state index in [4.69, 9.17) is 0 Å². The summed E-state index contributed by atoms with van der Waals surface area (Å²) < 4.78 is 12.8. The predicted octanol–water partition coefficient (Wildman–Crippen LogP) is 37.7. The fourth-order valence-corrected chi connectivity index (χ4v) is 24.2. The van der Waals surface area contributed by atoms with Crippen molar-refractivity contribution in [1.82, 2.24) is 0 Å². The summed E-state index contributed by atoms with van der Waals surface area (Å²) in [7, 11) is 0. The molecule has 0 amide bonds. The van der Waals surface area contributed by atoms with Crippen LogP contribution in [0.1, 0.15) is 0 Å². The standard InChI is InChI=1S/C66H43N3S3.C54H37N3S2/c1-4-15-44(16-5-1)45-27-29-48(30-28-45)69(50-22-14-21-49(39-50)67(46-17-6-2-7-18-46)51-32-36-63-58(40-51)55-23-10-12-25-61(55)70-63)54-31-35-57-60-42-53(34-38-65(60)72-66(57)43-54)68(47-19-8-3-9-20-47)52-33-37-64-59(41-52)56-24-11-13-26-62(56)71-64;1-5-16-38(17-6-1)55(39-18-7-2-8-19-39)42-24-15-25-43(34-42)56(40-20-9-3-10-21-40)46-28-31-48-50-36-45(30-33-53(50)59-54(48)37-46)57(41-22-11-4-12-23-41)44-29-32-52-49(35-44)47-26-13-14-27-51(47)58-52/h1-43H;1-37H. The van der Waals surface area contributed by atoms with Gasteiger partial charge in [-0.2, -0.15) is 0 Å². The molecule has 131 heavy (non-hydrogen) atoms. The molecule has 620 valence electrons. The van der Waals surface area contributed by atoms with Crippen LogP contribution in [0.5, 0.6) is 0 Å². The van der Waals surface area contributed by atoms with Crippen LogP contribution in [0.3, 0.4) is 0 Å². The van der Waals surface area contributed by atoms with E-state index in [9.17, 15) is 0 Å². The van der Waals surface area contributed by atoms with Crippen molar-refractivity contribution in [2.75, 3.05) is 29.4 Å². The number of hydrogen-bond acceptors (Lipinski definition) is 11. The van der Waals surface area contributed by atoms with Gasteiger partial charge >= 0.3 is 0 Å². The lowest BCUT2D eigenvalue weighted by Gasteiger charge is -2.29. The second-order valence-corrected chi connectivity index (χ2v) is 38.2. The van der Waals surface area contributed by atoms with Gasteiger partial charge < -0.3 is 29.4 Å². The lowest BCUT2D eigenvalue weighted by atomic mass is 10.0. The van der Waals surface area contributed by atoms with Crippen molar-refractivity contribution in [2.45, 2.75) is 0 Å². The van der Waals surface area contributed by atoms with Gasteiger partial charge in [0.15, 0.2) is 0 Å². The molecule has 0 unspecified atom stereocenters. The molecule has 0 saturated heterocycles. The lowest BCUT2D eigenvalue weighted by molar-refractivity contribution is 1.25. The van der Waals surface area contributed by atoms with Crippen molar-refractivity contribution in [2.24, 2.45) is 0 Å². The largest absolute Gasteiger partial charge is 0.310 e. The molecule has 0 atom stereocenters. The first-order chi connectivity index (χ1) is 64.9. The van der Waals surface area contributed by atoms with Crippen molar-refractivity contribution < 1.29 is 0 Å². The molecule has 0 saturated carbocycles. The molecule has 25 rings (SSSR count). The van der Waals surface area contributed by atoms with Crippen LogP contribution in [-0.4, -0.2) is 0 Å². The normalized spacial score (nSPS) is 11.5. The van der Waals surface area contributed by atoms with Crippen LogP contribution in [0.2, 0.25) is 0 Å². The Bertz CT molecular complexity index is 8470. The summed E-state index contributed by atoms with van der Waals surface area (Å²) in [5.74, 6) is 0. The third kappa shape index (κ3) is 15.0. The smallest absolute Gasteiger partial charge is 0.0482 e. The molecule has 0 aliphatic heterocycles. The zero-order valence-corrected chi connectivity index (χ0v) is 75.0. The molecule has 0 aliphatic carbocycles. The van der Waals surface area contributed by atoms with Crippen molar-refractivity contribution in [3.05, 3.63) is 485 Å². The maximum Gasteiger partial charge on any atom is 0.0482 e. The van der Waals surface area contributed by atoms with Crippen molar-refractivity contribution in [1.29, 1.82) is 0 Å². The Morgan fingerprint density at radius 2 is 0.275 bits per heavy atom. The molecule has 25 aromatic rings. The van der Waals surface area contributed by atoms with Crippen LogP contribution in [-0.2, 0) is 0 Å². The highest BCUT2D eigenvalue weighted by atomic mass is 32.1. The fourth-order valence-electron chi connectivity index (χ4n) is 18.7. The first-order valence-electron chi connectivity index (χ1n) is 44.1. The number of para-hydroxylation sites is 6. The molecule has 0 radical (unpaired) electrons. The van der Waals surface area contributed by atoms with Gasteiger partial charge in [-0.1, -0.05) is 231 Å². The van der Waals surface area contributed by atoms with Gasteiger partial charge in [-0.25, -0.2) is 0 Å². The molecule has 0 spiro atoms.